The highest BCUT2D eigenvalue weighted by Gasteiger charge is 2.57. The first-order valence-electron chi connectivity index (χ1n) is 11.8. The number of halogens is 1. The first kappa shape index (κ1) is 25.8. The molecule has 0 unspecified atom stereocenters. The van der Waals surface area contributed by atoms with Gasteiger partial charge >= 0.3 is 5.97 Å². The minimum absolute atomic E-state index is 0.0779. The van der Waals surface area contributed by atoms with Gasteiger partial charge in [0.2, 0.25) is 5.91 Å². The topological polar surface area (TPSA) is 78.9 Å². The van der Waals surface area contributed by atoms with E-state index in [1.807, 2.05) is 41.8 Å². The van der Waals surface area contributed by atoms with Crippen molar-refractivity contribution in [2.45, 2.75) is 49.7 Å². The van der Waals surface area contributed by atoms with Crippen LogP contribution in [0.5, 0.6) is 5.75 Å². The third-order valence-electron chi connectivity index (χ3n) is 7.10. The average Bonchev–Trinajstić information content (AvgIpc) is 3.23. The van der Waals surface area contributed by atoms with Crippen molar-refractivity contribution in [3.63, 3.8) is 0 Å². The van der Waals surface area contributed by atoms with Gasteiger partial charge in [0.1, 0.15) is 5.75 Å². The Morgan fingerprint density at radius 1 is 1.37 bits per heavy atom. The molecule has 1 aromatic heterocycles. The highest BCUT2D eigenvalue weighted by atomic mass is 79.9. The van der Waals surface area contributed by atoms with Crippen molar-refractivity contribution in [3.8, 4) is 5.75 Å². The van der Waals surface area contributed by atoms with Crippen LogP contribution in [0.3, 0.4) is 0 Å². The Morgan fingerprint density at radius 3 is 2.91 bits per heavy atom. The van der Waals surface area contributed by atoms with Gasteiger partial charge in [0.05, 0.1) is 5.60 Å². The molecule has 35 heavy (non-hydrogen) atoms. The van der Waals surface area contributed by atoms with Gasteiger partial charge in [-0.2, -0.15) is 0 Å². The van der Waals surface area contributed by atoms with Crippen LogP contribution in [0, 0.1) is 0 Å². The first-order chi connectivity index (χ1) is 16.7. The summed E-state index contributed by atoms with van der Waals surface area (Å²) in [7, 11) is 0. The molecule has 2 heterocycles. The van der Waals surface area contributed by atoms with Gasteiger partial charge in [-0.1, -0.05) is 18.2 Å². The number of piperidine rings is 1. The number of aliphatic hydroxyl groups is 1. The van der Waals surface area contributed by atoms with Crippen LogP contribution in [0.2, 0.25) is 0 Å². The molecule has 0 spiro atoms. The smallest absolute Gasteiger partial charge is 0.308 e. The number of likely N-dealkylation sites (tertiary alicyclic amines) is 1. The molecule has 6 nitrogen and oxygen atoms in total. The van der Waals surface area contributed by atoms with Crippen molar-refractivity contribution in [2.75, 3.05) is 19.6 Å². The molecule has 1 aliphatic carbocycles. The van der Waals surface area contributed by atoms with Gasteiger partial charge in [-0.25, -0.2) is 0 Å². The zero-order valence-electron chi connectivity index (χ0n) is 19.8. The Hall–Kier alpha value is -2.26. The fourth-order valence-electron chi connectivity index (χ4n) is 5.57. The molecule has 1 aliphatic heterocycles. The zero-order valence-corrected chi connectivity index (χ0v) is 22.2. The number of ether oxygens (including phenoxy) is 1. The molecule has 4 rings (SSSR count). The Kier molecular flexibility index (Phi) is 7.96. The largest absolute Gasteiger partial charge is 0.427 e. The van der Waals surface area contributed by atoms with Crippen LogP contribution in [-0.4, -0.2) is 53.2 Å². The van der Waals surface area contributed by atoms with E-state index >= 15 is 0 Å². The van der Waals surface area contributed by atoms with Gasteiger partial charge < -0.3 is 15.2 Å². The van der Waals surface area contributed by atoms with E-state index in [4.69, 9.17) is 4.74 Å². The Labute approximate surface area is 218 Å². The van der Waals surface area contributed by atoms with Gasteiger partial charge in [-0.15, -0.1) is 17.9 Å². The third-order valence-corrected chi connectivity index (χ3v) is 8.76. The number of nitrogens with zero attached hydrogens (tertiary/aromatic N) is 1. The number of rotatable bonds is 7. The highest BCUT2D eigenvalue weighted by molar-refractivity contribution is 9.10. The SMILES string of the molecule is C=CCN1CC[C@@]2(c3cccc(OC(C)=O)c3)C[C@H](NC(=O)/C=C/c3cc(Br)cs3)CC[C@]2(O)C1. The number of amides is 1. The minimum atomic E-state index is -0.969. The van der Waals surface area contributed by atoms with E-state index in [1.54, 1.807) is 23.5 Å². The van der Waals surface area contributed by atoms with Crippen LogP contribution >= 0.6 is 27.3 Å². The summed E-state index contributed by atoms with van der Waals surface area (Å²) in [6, 6.07) is 9.38. The van der Waals surface area contributed by atoms with Crippen molar-refractivity contribution in [2.24, 2.45) is 0 Å². The van der Waals surface area contributed by atoms with E-state index in [1.165, 1.54) is 6.92 Å². The van der Waals surface area contributed by atoms with E-state index in [2.05, 4.69) is 32.7 Å². The van der Waals surface area contributed by atoms with Crippen LogP contribution in [-0.2, 0) is 15.0 Å². The summed E-state index contributed by atoms with van der Waals surface area (Å²) in [4.78, 5) is 27.5. The van der Waals surface area contributed by atoms with Crippen molar-refractivity contribution >= 4 is 45.2 Å². The van der Waals surface area contributed by atoms with Crippen LogP contribution in [0.25, 0.3) is 6.08 Å². The number of fused-ring (bicyclic) bond motifs is 1. The van der Waals surface area contributed by atoms with Gasteiger partial charge in [-0.05, 0) is 78.0 Å². The standard InChI is InChI=1S/C27H31BrN2O4S/c1-3-12-30-13-11-26(20-5-4-6-23(14-20)34-19(2)31)16-22(9-10-27(26,33)18-30)29-25(32)8-7-24-15-21(28)17-35-24/h3-8,14-15,17,22,33H,1,9-13,16,18H2,2H3,(H,29,32)/b8-7+/t22-,26+,27+/m1/s1. The zero-order chi connectivity index (χ0) is 25.1. The maximum atomic E-state index is 12.7. The van der Waals surface area contributed by atoms with Gasteiger partial charge in [-0.3, -0.25) is 14.5 Å². The number of nitrogens with one attached hydrogen (secondary N) is 1. The lowest BCUT2D eigenvalue weighted by atomic mass is 9.55. The summed E-state index contributed by atoms with van der Waals surface area (Å²) in [5.41, 5.74) is -0.599. The van der Waals surface area contributed by atoms with Crippen molar-refractivity contribution in [1.29, 1.82) is 0 Å². The van der Waals surface area contributed by atoms with Crippen LogP contribution in [0.1, 0.15) is 43.0 Å². The second-order valence-electron chi connectivity index (χ2n) is 9.46. The second-order valence-corrected chi connectivity index (χ2v) is 11.3. The van der Waals surface area contributed by atoms with Crippen LogP contribution in [0.4, 0.5) is 0 Å². The van der Waals surface area contributed by atoms with E-state index in [0.29, 0.717) is 31.6 Å². The lowest BCUT2D eigenvalue weighted by Crippen LogP contribution is -2.67. The van der Waals surface area contributed by atoms with Crippen molar-refractivity contribution in [3.05, 3.63) is 69.4 Å². The number of esters is 1. The molecule has 0 radical (unpaired) electrons. The molecular formula is C27H31BrN2O4S. The lowest BCUT2D eigenvalue weighted by molar-refractivity contribution is -0.132. The van der Waals surface area contributed by atoms with E-state index < -0.39 is 11.0 Å². The molecule has 3 atom stereocenters. The molecule has 0 bridgehead atoms. The molecule has 2 aliphatic rings. The summed E-state index contributed by atoms with van der Waals surface area (Å²) >= 11 is 5.00. The quantitative estimate of drug-likeness (QED) is 0.223. The molecule has 1 aromatic carbocycles. The predicted octanol–water partition coefficient (Wildman–Crippen LogP) is 4.68. The molecular weight excluding hydrogens is 528 g/mol. The molecule has 2 N–H and O–H groups in total. The summed E-state index contributed by atoms with van der Waals surface area (Å²) < 4.78 is 6.35. The highest BCUT2D eigenvalue weighted by Crippen LogP contribution is 2.52. The Morgan fingerprint density at radius 2 is 2.20 bits per heavy atom. The summed E-state index contributed by atoms with van der Waals surface area (Å²) in [5.74, 6) is -0.0524. The minimum Gasteiger partial charge on any atom is -0.427 e. The van der Waals surface area contributed by atoms with E-state index in [-0.39, 0.29) is 17.9 Å². The van der Waals surface area contributed by atoms with E-state index in [9.17, 15) is 14.7 Å². The normalized spacial score (nSPS) is 26.8. The Balaban J connectivity index is 1.59. The molecule has 186 valence electrons. The van der Waals surface area contributed by atoms with Crippen LogP contribution in [0.15, 0.2) is 58.9 Å². The van der Waals surface area contributed by atoms with Crippen molar-refractivity contribution < 1.29 is 19.4 Å². The fraction of sp³-hybridized carbons (Fsp3) is 0.407. The maximum absolute atomic E-state index is 12.7. The summed E-state index contributed by atoms with van der Waals surface area (Å²) in [6.45, 7) is 7.29. The first-order valence-corrected chi connectivity index (χ1v) is 13.5. The number of hydrogen-bond donors (Lipinski definition) is 2. The predicted molar refractivity (Wildman–Crippen MR) is 142 cm³/mol. The molecule has 1 saturated heterocycles. The lowest BCUT2D eigenvalue weighted by Gasteiger charge is -2.58. The maximum Gasteiger partial charge on any atom is 0.308 e. The number of hydrogen-bond acceptors (Lipinski definition) is 6. The number of β-amino-alcohol motifs (C(OH)–C–C–N with tert-alkyl or cyclic N) is 1. The summed E-state index contributed by atoms with van der Waals surface area (Å²) in [5, 5.41) is 17.2. The molecule has 1 saturated carbocycles. The molecule has 2 aromatic rings. The number of carbonyl (C=O) groups excluding carboxylic acids is 2. The number of benzene rings is 1. The van der Waals surface area contributed by atoms with Crippen LogP contribution < -0.4 is 10.1 Å². The third kappa shape index (κ3) is 5.77. The van der Waals surface area contributed by atoms with Crippen molar-refractivity contribution in [1.82, 2.24) is 10.2 Å². The molecule has 2 fully saturated rings. The van der Waals surface area contributed by atoms with E-state index in [0.717, 1.165) is 34.4 Å². The summed E-state index contributed by atoms with van der Waals surface area (Å²) in [6.07, 6.45) is 7.84. The molecule has 1 amide bonds. The second kappa shape index (κ2) is 10.8. The van der Waals surface area contributed by atoms with Gasteiger partial charge in [0.15, 0.2) is 0 Å². The number of carbonyl (C=O) groups is 2. The molecule has 8 heteroatoms. The Bertz CT molecular complexity index is 1130. The monoisotopic (exact) mass is 558 g/mol. The van der Waals surface area contributed by atoms with Gasteiger partial charge in [0.25, 0.3) is 0 Å². The number of thiophene rings is 1. The fourth-order valence-corrected chi connectivity index (χ4v) is 6.90. The van der Waals surface area contributed by atoms with Gasteiger partial charge in [0, 0.05) is 52.3 Å². The average molecular weight is 560 g/mol.